The summed E-state index contributed by atoms with van der Waals surface area (Å²) in [7, 11) is 0. The molecule has 2 aliphatic rings. The summed E-state index contributed by atoms with van der Waals surface area (Å²) in [5.74, 6) is -0.271. The number of hydrogen-bond acceptors (Lipinski definition) is 2. The van der Waals surface area contributed by atoms with E-state index in [1.807, 2.05) is 0 Å². The minimum atomic E-state index is -0.249. The van der Waals surface area contributed by atoms with E-state index in [2.05, 4.69) is 12.2 Å². The second-order valence-corrected chi connectivity index (χ2v) is 4.65. The molecular weight excluding hydrogens is 219 g/mol. The van der Waals surface area contributed by atoms with Crippen LogP contribution in [0.1, 0.15) is 12.0 Å². The monoisotopic (exact) mass is 232 g/mol. The minimum absolute atomic E-state index is 0.0351. The van der Waals surface area contributed by atoms with Crippen molar-refractivity contribution in [1.82, 2.24) is 0 Å². The Balaban J connectivity index is 1.78. The van der Waals surface area contributed by atoms with E-state index in [0.29, 0.717) is 6.42 Å². The normalized spacial score (nSPS) is 30.4. The summed E-state index contributed by atoms with van der Waals surface area (Å²) in [4.78, 5) is 11.7. The number of ether oxygens (including phenoxy) is 1. The zero-order valence-corrected chi connectivity index (χ0v) is 9.30. The lowest BCUT2D eigenvalue weighted by molar-refractivity contribution is -0.144. The van der Waals surface area contributed by atoms with Crippen molar-refractivity contribution in [3.8, 4) is 0 Å². The van der Waals surface area contributed by atoms with Crippen LogP contribution in [-0.2, 0) is 16.0 Å². The Morgan fingerprint density at radius 3 is 2.82 bits per heavy atom. The number of benzene rings is 1. The molecule has 17 heavy (non-hydrogen) atoms. The van der Waals surface area contributed by atoms with Gasteiger partial charge in [-0.05, 0) is 24.1 Å². The van der Waals surface area contributed by atoms with Gasteiger partial charge in [0.15, 0.2) is 0 Å². The third-order valence-electron chi connectivity index (χ3n) is 3.56. The van der Waals surface area contributed by atoms with Gasteiger partial charge in [0.2, 0.25) is 0 Å². The molecule has 1 aliphatic carbocycles. The molecule has 3 unspecified atom stereocenters. The van der Waals surface area contributed by atoms with Gasteiger partial charge in [-0.25, -0.2) is 4.39 Å². The van der Waals surface area contributed by atoms with Gasteiger partial charge < -0.3 is 4.74 Å². The summed E-state index contributed by atoms with van der Waals surface area (Å²) >= 11 is 0. The van der Waals surface area contributed by atoms with Crippen LogP contribution in [0.2, 0.25) is 0 Å². The van der Waals surface area contributed by atoms with Crippen molar-refractivity contribution in [2.45, 2.75) is 18.9 Å². The Kier molecular flexibility index (Phi) is 2.46. The number of esters is 1. The highest BCUT2D eigenvalue weighted by Crippen LogP contribution is 2.37. The Labute approximate surface area is 99.1 Å². The fourth-order valence-electron chi connectivity index (χ4n) is 2.66. The first-order chi connectivity index (χ1) is 8.24. The lowest BCUT2D eigenvalue weighted by Gasteiger charge is -2.11. The first-order valence-electron chi connectivity index (χ1n) is 5.85. The summed E-state index contributed by atoms with van der Waals surface area (Å²) in [5, 5.41) is 0. The van der Waals surface area contributed by atoms with E-state index in [9.17, 15) is 9.18 Å². The van der Waals surface area contributed by atoms with E-state index in [-0.39, 0.29) is 29.7 Å². The van der Waals surface area contributed by atoms with Crippen LogP contribution in [0.15, 0.2) is 36.4 Å². The molecular formula is C14H13FO2. The van der Waals surface area contributed by atoms with Gasteiger partial charge >= 0.3 is 5.97 Å². The quantitative estimate of drug-likeness (QED) is 0.578. The number of carbonyl (C=O) groups is 1. The number of hydrogen-bond donors (Lipinski definition) is 0. The van der Waals surface area contributed by atoms with Crippen LogP contribution in [0, 0.1) is 17.7 Å². The lowest BCUT2D eigenvalue weighted by atomic mass is 9.87. The average molecular weight is 232 g/mol. The van der Waals surface area contributed by atoms with E-state index in [1.165, 1.54) is 12.1 Å². The fourth-order valence-corrected chi connectivity index (χ4v) is 2.66. The Morgan fingerprint density at radius 2 is 2.06 bits per heavy atom. The van der Waals surface area contributed by atoms with Crippen molar-refractivity contribution in [2.75, 3.05) is 0 Å². The zero-order chi connectivity index (χ0) is 11.8. The summed E-state index contributed by atoms with van der Waals surface area (Å²) < 4.78 is 18.1. The molecule has 3 heteroatoms. The standard InChI is InChI=1S/C14H13FO2/c15-10-6-4-9(5-7-10)8-12-11-2-1-3-13(11)17-14(12)16/h1-2,4-7,11-13H,3,8H2. The summed E-state index contributed by atoms with van der Waals surface area (Å²) in [6.07, 6.45) is 5.64. The highest BCUT2D eigenvalue weighted by atomic mass is 19.1. The molecule has 0 amide bonds. The smallest absolute Gasteiger partial charge is 0.310 e. The first-order valence-corrected chi connectivity index (χ1v) is 5.85. The van der Waals surface area contributed by atoms with Crippen LogP contribution in [-0.4, -0.2) is 12.1 Å². The van der Waals surface area contributed by atoms with Crippen molar-refractivity contribution in [3.63, 3.8) is 0 Å². The van der Waals surface area contributed by atoms with Gasteiger partial charge in [0.25, 0.3) is 0 Å². The number of halogens is 1. The van der Waals surface area contributed by atoms with Crippen LogP contribution in [0.25, 0.3) is 0 Å². The van der Waals surface area contributed by atoms with Crippen molar-refractivity contribution >= 4 is 5.97 Å². The predicted octanol–water partition coefficient (Wildman–Crippen LogP) is 2.49. The molecule has 1 heterocycles. The van der Waals surface area contributed by atoms with Gasteiger partial charge in [0.05, 0.1) is 5.92 Å². The topological polar surface area (TPSA) is 26.3 Å². The lowest BCUT2D eigenvalue weighted by Crippen LogP contribution is -2.18. The minimum Gasteiger partial charge on any atom is -0.461 e. The SMILES string of the molecule is O=C1OC2CC=CC2C1Cc1ccc(F)cc1. The third-order valence-corrected chi connectivity index (χ3v) is 3.56. The highest BCUT2D eigenvalue weighted by molar-refractivity contribution is 5.76. The van der Waals surface area contributed by atoms with E-state index in [4.69, 9.17) is 4.74 Å². The van der Waals surface area contributed by atoms with Crippen LogP contribution in [0.5, 0.6) is 0 Å². The molecule has 0 bridgehead atoms. The maximum absolute atomic E-state index is 12.8. The van der Waals surface area contributed by atoms with Crippen LogP contribution < -0.4 is 0 Å². The second-order valence-electron chi connectivity index (χ2n) is 4.65. The van der Waals surface area contributed by atoms with Gasteiger partial charge in [-0.2, -0.15) is 0 Å². The number of fused-ring (bicyclic) bond motifs is 1. The van der Waals surface area contributed by atoms with Gasteiger partial charge in [0, 0.05) is 12.3 Å². The molecule has 0 aromatic heterocycles. The Bertz CT molecular complexity index is 464. The van der Waals surface area contributed by atoms with Gasteiger partial charge in [-0.15, -0.1) is 0 Å². The molecule has 3 atom stereocenters. The number of carbonyl (C=O) groups excluding carboxylic acids is 1. The number of rotatable bonds is 2. The molecule has 1 fully saturated rings. The summed E-state index contributed by atoms with van der Waals surface area (Å²) in [6, 6.07) is 6.32. The van der Waals surface area contributed by atoms with Gasteiger partial charge in [-0.1, -0.05) is 24.3 Å². The Morgan fingerprint density at radius 1 is 1.29 bits per heavy atom. The molecule has 2 nitrogen and oxygen atoms in total. The second kappa shape index (κ2) is 3.99. The average Bonchev–Trinajstić information content (AvgIpc) is 2.85. The predicted molar refractivity (Wildman–Crippen MR) is 60.7 cm³/mol. The van der Waals surface area contributed by atoms with Gasteiger partial charge in [-0.3, -0.25) is 4.79 Å². The molecule has 0 saturated carbocycles. The van der Waals surface area contributed by atoms with E-state index >= 15 is 0 Å². The van der Waals surface area contributed by atoms with Crippen molar-refractivity contribution in [2.24, 2.45) is 11.8 Å². The largest absolute Gasteiger partial charge is 0.461 e. The van der Waals surface area contributed by atoms with Gasteiger partial charge in [0.1, 0.15) is 11.9 Å². The maximum Gasteiger partial charge on any atom is 0.310 e. The van der Waals surface area contributed by atoms with Crippen molar-refractivity contribution in [3.05, 3.63) is 47.8 Å². The summed E-state index contributed by atoms with van der Waals surface area (Å²) in [5.41, 5.74) is 0.981. The molecule has 1 saturated heterocycles. The molecule has 1 aliphatic heterocycles. The van der Waals surface area contributed by atoms with Crippen molar-refractivity contribution in [1.29, 1.82) is 0 Å². The third kappa shape index (κ3) is 1.86. The summed E-state index contributed by atoms with van der Waals surface area (Å²) in [6.45, 7) is 0. The van der Waals surface area contributed by atoms with Crippen LogP contribution in [0.3, 0.4) is 0 Å². The van der Waals surface area contributed by atoms with E-state index in [0.717, 1.165) is 12.0 Å². The first kappa shape index (κ1) is 10.5. The fraction of sp³-hybridized carbons (Fsp3) is 0.357. The Hall–Kier alpha value is -1.64. The van der Waals surface area contributed by atoms with E-state index in [1.54, 1.807) is 12.1 Å². The van der Waals surface area contributed by atoms with Crippen LogP contribution in [0.4, 0.5) is 4.39 Å². The highest BCUT2D eigenvalue weighted by Gasteiger charge is 2.44. The van der Waals surface area contributed by atoms with E-state index < -0.39 is 0 Å². The molecule has 0 spiro atoms. The van der Waals surface area contributed by atoms with Crippen molar-refractivity contribution < 1.29 is 13.9 Å². The molecule has 88 valence electrons. The molecule has 1 aromatic carbocycles. The molecule has 3 rings (SSSR count). The molecule has 1 aromatic rings. The van der Waals surface area contributed by atoms with Crippen LogP contribution >= 0.6 is 0 Å². The molecule has 0 radical (unpaired) electrons. The molecule has 0 N–H and O–H groups in total. The maximum atomic E-state index is 12.8. The zero-order valence-electron chi connectivity index (χ0n) is 9.30.